The Hall–Kier alpha value is -1.79. The number of carbonyl (C=O) groups excluding carboxylic acids is 2. The monoisotopic (exact) mass is 318 g/mol. The van der Waals surface area contributed by atoms with Crippen LogP contribution in [0.2, 0.25) is 5.02 Å². The van der Waals surface area contributed by atoms with Gasteiger partial charge < -0.3 is 4.74 Å². The third kappa shape index (κ3) is 3.18. The Morgan fingerprint density at radius 3 is 2.32 bits per heavy atom. The third-order valence-electron chi connectivity index (χ3n) is 3.82. The SMILES string of the molecule is CC#Cc1cc(Cl)c(C2C(=O)CC(C)(C)CC2=O)c(OC)c1. The molecule has 4 heteroatoms. The molecule has 0 bridgehead atoms. The number of carbonyl (C=O) groups is 2. The molecule has 0 N–H and O–H groups in total. The number of hydrogen-bond acceptors (Lipinski definition) is 3. The highest BCUT2D eigenvalue weighted by molar-refractivity contribution is 6.32. The molecular weight excluding hydrogens is 300 g/mol. The largest absolute Gasteiger partial charge is 0.496 e. The van der Waals surface area contributed by atoms with Gasteiger partial charge in [0.1, 0.15) is 23.2 Å². The van der Waals surface area contributed by atoms with Gasteiger partial charge in [0.05, 0.1) is 7.11 Å². The third-order valence-corrected chi connectivity index (χ3v) is 4.13. The maximum absolute atomic E-state index is 12.5. The van der Waals surface area contributed by atoms with E-state index < -0.39 is 5.92 Å². The number of ketones is 2. The fourth-order valence-corrected chi connectivity index (χ4v) is 3.29. The normalized spacial score (nSPS) is 17.9. The van der Waals surface area contributed by atoms with Gasteiger partial charge in [-0.15, -0.1) is 5.92 Å². The lowest BCUT2D eigenvalue weighted by atomic mass is 9.69. The van der Waals surface area contributed by atoms with Gasteiger partial charge in [-0.3, -0.25) is 9.59 Å². The van der Waals surface area contributed by atoms with E-state index in [1.54, 1.807) is 19.1 Å². The van der Waals surface area contributed by atoms with Crippen LogP contribution in [0.4, 0.5) is 0 Å². The Balaban J connectivity index is 2.54. The Labute approximate surface area is 136 Å². The summed E-state index contributed by atoms with van der Waals surface area (Å²) in [4.78, 5) is 25.0. The molecule has 2 rings (SSSR count). The Kier molecular flexibility index (Phi) is 4.63. The van der Waals surface area contributed by atoms with Crippen LogP contribution in [0, 0.1) is 17.3 Å². The molecule has 0 aliphatic heterocycles. The molecule has 0 saturated heterocycles. The molecule has 116 valence electrons. The summed E-state index contributed by atoms with van der Waals surface area (Å²) < 4.78 is 5.36. The van der Waals surface area contributed by atoms with Crippen LogP contribution in [0.1, 0.15) is 50.7 Å². The number of methoxy groups -OCH3 is 1. The van der Waals surface area contributed by atoms with E-state index in [1.807, 2.05) is 13.8 Å². The van der Waals surface area contributed by atoms with Crippen molar-refractivity contribution in [3.05, 3.63) is 28.3 Å². The zero-order valence-electron chi connectivity index (χ0n) is 13.2. The van der Waals surface area contributed by atoms with Crippen LogP contribution in [-0.2, 0) is 9.59 Å². The van der Waals surface area contributed by atoms with E-state index in [0.29, 0.717) is 34.7 Å². The van der Waals surface area contributed by atoms with E-state index in [0.717, 1.165) is 0 Å². The minimum atomic E-state index is -0.834. The van der Waals surface area contributed by atoms with Crippen molar-refractivity contribution >= 4 is 23.2 Å². The van der Waals surface area contributed by atoms with Gasteiger partial charge in [-0.05, 0) is 24.5 Å². The first kappa shape index (κ1) is 16.6. The van der Waals surface area contributed by atoms with Crippen LogP contribution < -0.4 is 4.74 Å². The van der Waals surface area contributed by atoms with Crippen molar-refractivity contribution in [1.82, 2.24) is 0 Å². The molecule has 0 spiro atoms. The van der Waals surface area contributed by atoms with Crippen molar-refractivity contribution in [2.24, 2.45) is 5.41 Å². The number of halogens is 1. The first-order valence-corrected chi connectivity index (χ1v) is 7.52. The molecule has 3 nitrogen and oxygen atoms in total. The maximum Gasteiger partial charge on any atom is 0.148 e. The maximum atomic E-state index is 12.5. The van der Waals surface area contributed by atoms with E-state index in [1.165, 1.54) is 7.11 Å². The lowest BCUT2D eigenvalue weighted by Crippen LogP contribution is -2.36. The van der Waals surface area contributed by atoms with E-state index in [9.17, 15) is 9.59 Å². The molecule has 0 aromatic heterocycles. The zero-order valence-corrected chi connectivity index (χ0v) is 14.0. The molecule has 0 amide bonds. The molecular formula is C18H19ClO3. The van der Waals surface area contributed by atoms with Gasteiger partial charge >= 0.3 is 0 Å². The van der Waals surface area contributed by atoms with Crippen molar-refractivity contribution in [1.29, 1.82) is 0 Å². The molecule has 22 heavy (non-hydrogen) atoms. The standard InChI is InChI=1S/C18H19ClO3/c1-5-6-11-7-12(19)16(15(8-11)22-4)17-13(20)9-18(2,3)10-14(17)21/h7-8,17H,9-10H2,1-4H3. The van der Waals surface area contributed by atoms with Crippen molar-refractivity contribution in [2.75, 3.05) is 7.11 Å². The quantitative estimate of drug-likeness (QED) is 0.616. The van der Waals surface area contributed by atoms with Gasteiger partial charge in [0.25, 0.3) is 0 Å². The van der Waals surface area contributed by atoms with Gasteiger partial charge in [0, 0.05) is 29.0 Å². The predicted octanol–water partition coefficient (Wildman–Crippen LogP) is 3.76. The number of benzene rings is 1. The number of Topliss-reactive ketones (excluding diaryl/α,β-unsaturated/α-hetero) is 2. The average Bonchev–Trinajstić information content (AvgIpc) is 2.38. The Morgan fingerprint density at radius 1 is 1.23 bits per heavy atom. The van der Waals surface area contributed by atoms with Gasteiger partial charge in [-0.25, -0.2) is 0 Å². The van der Waals surface area contributed by atoms with Gasteiger partial charge in [-0.1, -0.05) is 31.4 Å². The van der Waals surface area contributed by atoms with Crippen LogP contribution in [0.5, 0.6) is 5.75 Å². The number of hydrogen-bond donors (Lipinski definition) is 0. The van der Waals surface area contributed by atoms with E-state index >= 15 is 0 Å². The molecule has 0 radical (unpaired) electrons. The van der Waals surface area contributed by atoms with E-state index in [4.69, 9.17) is 16.3 Å². The fourth-order valence-electron chi connectivity index (χ4n) is 2.97. The summed E-state index contributed by atoms with van der Waals surface area (Å²) in [6.07, 6.45) is 0.721. The first-order chi connectivity index (χ1) is 10.3. The molecule has 1 aliphatic carbocycles. The summed E-state index contributed by atoms with van der Waals surface area (Å²) in [5.74, 6) is 5.10. The lowest BCUT2D eigenvalue weighted by molar-refractivity contribution is -0.135. The average molecular weight is 319 g/mol. The predicted molar refractivity (Wildman–Crippen MR) is 86.3 cm³/mol. The summed E-state index contributed by atoms with van der Waals surface area (Å²) in [5, 5.41) is 0.350. The Morgan fingerprint density at radius 2 is 1.82 bits per heavy atom. The Bertz CT molecular complexity index is 672. The number of ether oxygens (including phenoxy) is 1. The van der Waals surface area contributed by atoms with E-state index in [2.05, 4.69) is 11.8 Å². The van der Waals surface area contributed by atoms with Gasteiger partial charge in [-0.2, -0.15) is 0 Å². The molecule has 0 heterocycles. The minimum absolute atomic E-state index is 0.101. The zero-order chi connectivity index (χ0) is 16.5. The molecule has 0 unspecified atom stereocenters. The first-order valence-electron chi connectivity index (χ1n) is 7.14. The van der Waals surface area contributed by atoms with Crippen LogP contribution in [0.25, 0.3) is 0 Å². The van der Waals surface area contributed by atoms with Crippen molar-refractivity contribution in [3.8, 4) is 17.6 Å². The summed E-state index contributed by atoms with van der Waals surface area (Å²) in [7, 11) is 1.50. The molecule has 1 aromatic carbocycles. The smallest absolute Gasteiger partial charge is 0.148 e. The second kappa shape index (κ2) is 6.14. The fraction of sp³-hybridized carbons (Fsp3) is 0.444. The van der Waals surface area contributed by atoms with Crippen molar-refractivity contribution in [3.63, 3.8) is 0 Å². The summed E-state index contributed by atoms with van der Waals surface area (Å²) in [5.41, 5.74) is 0.873. The van der Waals surface area contributed by atoms with Crippen LogP contribution in [0.3, 0.4) is 0 Å². The lowest BCUT2D eigenvalue weighted by Gasteiger charge is -2.33. The summed E-state index contributed by atoms with van der Waals surface area (Å²) in [6, 6.07) is 3.40. The second-order valence-electron chi connectivity index (χ2n) is 6.33. The van der Waals surface area contributed by atoms with Crippen LogP contribution in [-0.4, -0.2) is 18.7 Å². The number of rotatable bonds is 2. The highest BCUT2D eigenvalue weighted by Gasteiger charge is 2.42. The van der Waals surface area contributed by atoms with Crippen molar-refractivity contribution in [2.45, 2.75) is 39.5 Å². The van der Waals surface area contributed by atoms with Crippen molar-refractivity contribution < 1.29 is 14.3 Å². The highest BCUT2D eigenvalue weighted by atomic mass is 35.5. The van der Waals surface area contributed by atoms with Gasteiger partial charge in [0.15, 0.2) is 0 Å². The highest BCUT2D eigenvalue weighted by Crippen LogP contribution is 2.43. The van der Waals surface area contributed by atoms with Crippen LogP contribution >= 0.6 is 11.6 Å². The minimum Gasteiger partial charge on any atom is -0.496 e. The van der Waals surface area contributed by atoms with Crippen LogP contribution in [0.15, 0.2) is 12.1 Å². The molecule has 0 atom stereocenters. The topological polar surface area (TPSA) is 43.4 Å². The molecule has 1 saturated carbocycles. The summed E-state index contributed by atoms with van der Waals surface area (Å²) in [6.45, 7) is 5.58. The van der Waals surface area contributed by atoms with Gasteiger partial charge in [0.2, 0.25) is 0 Å². The second-order valence-corrected chi connectivity index (χ2v) is 6.74. The summed E-state index contributed by atoms with van der Waals surface area (Å²) >= 11 is 6.33. The molecule has 1 aromatic rings. The molecule has 1 aliphatic rings. The van der Waals surface area contributed by atoms with E-state index in [-0.39, 0.29) is 17.0 Å². The molecule has 1 fully saturated rings.